The molecule has 0 aromatic rings. The first-order valence-corrected chi connectivity index (χ1v) is 8.10. The van der Waals surface area contributed by atoms with Crippen LogP contribution in [0.4, 0.5) is 0 Å². The second-order valence-electron chi connectivity index (χ2n) is 7.17. The minimum atomic E-state index is 0.342. The number of unbranched alkanes of at least 4 members (excludes halogenated alkanes) is 2. The fourth-order valence-electron chi connectivity index (χ4n) is 2.67. The predicted molar refractivity (Wildman–Crippen MR) is 84.8 cm³/mol. The highest BCUT2D eigenvalue weighted by Crippen LogP contribution is 2.15. The summed E-state index contributed by atoms with van der Waals surface area (Å²) in [6, 6.07) is 0.630. The van der Waals surface area contributed by atoms with Crippen molar-refractivity contribution in [1.29, 1.82) is 0 Å². The Morgan fingerprint density at radius 3 is 2.11 bits per heavy atom. The summed E-state index contributed by atoms with van der Waals surface area (Å²) in [7, 11) is 0. The fraction of sp³-hybridized carbons (Fsp3) is 1.00. The maximum atomic E-state index is 3.49. The van der Waals surface area contributed by atoms with Crippen LogP contribution < -0.4 is 5.32 Å². The quantitative estimate of drug-likeness (QED) is 0.717. The predicted octanol–water partition coefficient (Wildman–Crippen LogP) is 2.57. The Morgan fingerprint density at radius 1 is 0.947 bits per heavy atom. The second kappa shape index (κ2) is 8.23. The molecule has 1 N–H and O–H groups in total. The van der Waals surface area contributed by atoms with Gasteiger partial charge in [0.15, 0.2) is 0 Å². The van der Waals surface area contributed by atoms with E-state index in [9.17, 15) is 0 Å². The molecule has 1 saturated heterocycles. The monoisotopic (exact) mass is 269 g/mol. The van der Waals surface area contributed by atoms with Crippen molar-refractivity contribution < 1.29 is 0 Å². The molecular formula is C16H35N3. The molecule has 114 valence electrons. The van der Waals surface area contributed by atoms with Gasteiger partial charge >= 0.3 is 0 Å². The summed E-state index contributed by atoms with van der Waals surface area (Å²) < 4.78 is 0. The van der Waals surface area contributed by atoms with E-state index in [4.69, 9.17) is 0 Å². The second-order valence-corrected chi connectivity index (χ2v) is 7.17. The van der Waals surface area contributed by atoms with Gasteiger partial charge in [0.05, 0.1) is 0 Å². The molecule has 0 aromatic carbocycles. The van der Waals surface area contributed by atoms with Gasteiger partial charge in [-0.05, 0) is 46.7 Å². The zero-order chi connectivity index (χ0) is 14.3. The van der Waals surface area contributed by atoms with Crippen molar-refractivity contribution in [2.24, 2.45) is 0 Å². The highest BCUT2D eigenvalue weighted by Gasteiger charge is 2.25. The van der Waals surface area contributed by atoms with E-state index < -0.39 is 0 Å². The van der Waals surface area contributed by atoms with E-state index in [0.717, 1.165) is 0 Å². The van der Waals surface area contributed by atoms with Gasteiger partial charge in [0.1, 0.15) is 0 Å². The molecule has 1 aliphatic heterocycles. The Bertz CT molecular complexity index is 225. The van der Waals surface area contributed by atoms with Crippen molar-refractivity contribution >= 4 is 0 Å². The molecule has 0 unspecified atom stereocenters. The first-order valence-electron chi connectivity index (χ1n) is 8.10. The molecule has 1 aliphatic rings. The van der Waals surface area contributed by atoms with Gasteiger partial charge in [-0.2, -0.15) is 0 Å². The summed E-state index contributed by atoms with van der Waals surface area (Å²) in [6.45, 7) is 18.8. The van der Waals surface area contributed by atoms with Gasteiger partial charge in [-0.15, -0.1) is 0 Å². The maximum Gasteiger partial charge on any atom is 0.0126 e. The van der Waals surface area contributed by atoms with E-state index in [1.807, 2.05) is 0 Å². The van der Waals surface area contributed by atoms with Crippen LogP contribution in [0.15, 0.2) is 0 Å². The van der Waals surface area contributed by atoms with Crippen LogP contribution in [0.25, 0.3) is 0 Å². The van der Waals surface area contributed by atoms with Crippen LogP contribution in [0.5, 0.6) is 0 Å². The van der Waals surface area contributed by atoms with Gasteiger partial charge in [0.2, 0.25) is 0 Å². The van der Waals surface area contributed by atoms with Crippen LogP contribution in [-0.2, 0) is 0 Å². The number of hydrogen-bond acceptors (Lipinski definition) is 3. The van der Waals surface area contributed by atoms with Crippen LogP contribution >= 0.6 is 0 Å². The average Bonchev–Trinajstić information content (AvgIpc) is 2.32. The number of rotatable bonds is 7. The van der Waals surface area contributed by atoms with Crippen LogP contribution in [0.2, 0.25) is 0 Å². The third kappa shape index (κ3) is 7.28. The van der Waals surface area contributed by atoms with E-state index in [1.165, 1.54) is 58.5 Å². The van der Waals surface area contributed by atoms with Crippen molar-refractivity contribution in [2.45, 2.75) is 65.5 Å². The number of nitrogens with one attached hydrogen (secondary N) is 1. The Balaban J connectivity index is 2.01. The standard InChI is InChI=1S/C16H35N3/c1-15(2)17-9-7-6-8-10-18-11-13-19(14-12-18)16(3,4)5/h15,17H,6-14H2,1-5H3. The topological polar surface area (TPSA) is 18.5 Å². The van der Waals surface area contributed by atoms with E-state index in [2.05, 4.69) is 49.7 Å². The lowest BCUT2D eigenvalue weighted by molar-refractivity contribution is 0.0616. The van der Waals surface area contributed by atoms with Crippen molar-refractivity contribution in [3.05, 3.63) is 0 Å². The summed E-state index contributed by atoms with van der Waals surface area (Å²) in [5, 5.41) is 3.49. The SMILES string of the molecule is CC(C)NCCCCCN1CCN(C(C)(C)C)CC1. The molecule has 1 rings (SSSR count). The molecule has 0 aliphatic carbocycles. The van der Waals surface area contributed by atoms with Crippen molar-refractivity contribution in [2.75, 3.05) is 39.3 Å². The van der Waals surface area contributed by atoms with Crippen LogP contribution in [0.3, 0.4) is 0 Å². The van der Waals surface area contributed by atoms with Crippen LogP contribution in [-0.4, -0.2) is 60.6 Å². The molecular weight excluding hydrogens is 234 g/mol. The first kappa shape index (κ1) is 16.9. The molecule has 0 saturated carbocycles. The van der Waals surface area contributed by atoms with Crippen LogP contribution in [0.1, 0.15) is 53.9 Å². The van der Waals surface area contributed by atoms with Gasteiger partial charge in [0.25, 0.3) is 0 Å². The van der Waals surface area contributed by atoms with Gasteiger partial charge < -0.3 is 10.2 Å². The van der Waals surface area contributed by atoms with Crippen molar-refractivity contribution in [3.8, 4) is 0 Å². The Kier molecular flexibility index (Phi) is 7.33. The largest absolute Gasteiger partial charge is 0.315 e. The molecule has 1 fully saturated rings. The van der Waals surface area contributed by atoms with Gasteiger partial charge in [-0.1, -0.05) is 20.3 Å². The lowest BCUT2D eigenvalue weighted by Crippen LogP contribution is -2.53. The highest BCUT2D eigenvalue weighted by atomic mass is 15.3. The molecule has 0 amide bonds. The molecule has 19 heavy (non-hydrogen) atoms. The summed E-state index contributed by atoms with van der Waals surface area (Å²) in [4.78, 5) is 5.24. The summed E-state index contributed by atoms with van der Waals surface area (Å²) in [5.41, 5.74) is 0.342. The first-order chi connectivity index (χ1) is 8.89. The number of hydrogen-bond donors (Lipinski definition) is 1. The highest BCUT2D eigenvalue weighted by molar-refractivity contribution is 4.81. The van der Waals surface area contributed by atoms with E-state index in [-0.39, 0.29) is 0 Å². The molecule has 0 aromatic heterocycles. The molecule has 3 nitrogen and oxygen atoms in total. The third-order valence-electron chi connectivity index (χ3n) is 4.02. The van der Waals surface area contributed by atoms with E-state index >= 15 is 0 Å². The third-order valence-corrected chi connectivity index (χ3v) is 4.02. The zero-order valence-corrected chi connectivity index (χ0v) is 13.8. The van der Waals surface area contributed by atoms with Crippen molar-refractivity contribution in [3.63, 3.8) is 0 Å². The molecule has 3 heteroatoms. The molecule has 1 heterocycles. The summed E-state index contributed by atoms with van der Waals surface area (Å²) in [6.07, 6.45) is 4.04. The lowest BCUT2D eigenvalue weighted by Gasteiger charge is -2.42. The lowest BCUT2D eigenvalue weighted by atomic mass is 10.0. The zero-order valence-electron chi connectivity index (χ0n) is 13.8. The smallest absolute Gasteiger partial charge is 0.0126 e. The van der Waals surface area contributed by atoms with Gasteiger partial charge in [-0.3, -0.25) is 4.90 Å². The molecule has 0 bridgehead atoms. The minimum Gasteiger partial charge on any atom is -0.315 e. The van der Waals surface area contributed by atoms with Gasteiger partial charge in [0, 0.05) is 37.8 Å². The number of nitrogens with zero attached hydrogens (tertiary/aromatic N) is 2. The Hall–Kier alpha value is -0.120. The maximum absolute atomic E-state index is 3.49. The summed E-state index contributed by atoms with van der Waals surface area (Å²) >= 11 is 0. The van der Waals surface area contributed by atoms with Crippen LogP contribution in [0, 0.1) is 0 Å². The minimum absolute atomic E-state index is 0.342. The number of piperazine rings is 1. The molecule has 0 radical (unpaired) electrons. The average molecular weight is 269 g/mol. The van der Waals surface area contributed by atoms with E-state index in [0.29, 0.717) is 11.6 Å². The van der Waals surface area contributed by atoms with E-state index in [1.54, 1.807) is 0 Å². The summed E-state index contributed by atoms with van der Waals surface area (Å²) in [5.74, 6) is 0. The van der Waals surface area contributed by atoms with Crippen molar-refractivity contribution in [1.82, 2.24) is 15.1 Å². The Labute approximate surface area is 120 Å². The Morgan fingerprint density at radius 2 is 1.58 bits per heavy atom. The normalized spacial score (nSPS) is 19.3. The fourth-order valence-corrected chi connectivity index (χ4v) is 2.67. The van der Waals surface area contributed by atoms with Gasteiger partial charge in [-0.25, -0.2) is 0 Å². The molecule has 0 spiro atoms. The molecule has 0 atom stereocenters.